The summed E-state index contributed by atoms with van der Waals surface area (Å²) in [4.78, 5) is 12.4. The fourth-order valence-corrected chi connectivity index (χ4v) is 2.37. The number of amides is 1. The van der Waals surface area contributed by atoms with Crippen LogP contribution in [0.25, 0.3) is 0 Å². The maximum atomic E-state index is 12.4. The lowest BCUT2D eigenvalue weighted by atomic mass is 9.79. The number of nitrogens with two attached hydrogens (primary N) is 1. The van der Waals surface area contributed by atoms with Gasteiger partial charge in [-0.15, -0.1) is 12.4 Å². The summed E-state index contributed by atoms with van der Waals surface area (Å²) in [5, 5.41) is 2.98. The summed E-state index contributed by atoms with van der Waals surface area (Å²) in [5.41, 5.74) is 7.45. The number of carbonyl (C=O) groups excluding carboxylic acids is 1. The third kappa shape index (κ3) is 3.72. The smallest absolute Gasteiger partial charge is 0.232 e. The topological polar surface area (TPSA) is 64.4 Å². The molecule has 2 rings (SSSR count). The number of hydrogen-bond acceptors (Lipinski definition) is 3. The number of rotatable bonds is 4. The first-order chi connectivity index (χ1) is 9.20. The average molecular weight is 299 g/mol. The fraction of sp³-hybridized carbons (Fsp3) is 0.533. The van der Waals surface area contributed by atoms with Gasteiger partial charge in [0.05, 0.1) is 5.41 Å². The van der Waals surface area contributed by atoms with Crippen LogP contribution < -0.4 is 11.1 Å². The van der Waals surface area contributed by atoms with E-state index >= 15 is 0 Å². The Labute approximate surface area is 126 Å². The van der Waals surface area contributed by atoms with Crippen molar-refractivity contribution in [3.05, 3.63) is 29.8 Å². The molecule has 20 heavy (non-hydrogen) atoms. The average Bonchev–Trinajstić information content (AvgIpc) is 2.48. The van der Waals surface area contributed by atoms with E-state index < -0.39 is 5.41 Å². The molecular weight excluding hydrogens is 276 g/mol. The van der Waals surface area contributed by atoms with E-state index in [1.165, 1.54) is 5.56 Å². The minimum absolute atomic E-state index is 0. The quantitative estimate of drug-likeness (QED) is 0.897. The van der Waals surface area contributed by atoms with Crippen LogP contribution in [0, 0.1) is 5.41 Å². The number of nitrogens with one attached hydrogen (secondary N) is 1. The standard InChI is InChI=1S/C15H22N2O2.ClH/c1-2-12-3-5-13(6-4-12)17-14(18)15(11-16)7-9-19-10-8-15;/h3-6H,2,7-11,16H2,1H3,(H,17,18);1H. The largest absolute Gasteiger partial charge is 0.381 e. The van der Waals surface area contributed by atoms with Crippen LogP contribution in [-0.4, -0.2) is 25.7 Å². The molecule has 112 valence electrons. The second-order valence-corrected chi connectivity index (χ2v) is 5.10. The minimum atomic E-state index is -0.471. The van der Waals surface area contributed by atoms with Crippen molar-refractivity contribution in [1.29, 1.82) is 0 Å². The minimum Gasteiger partial charge on any atom is -0.381 e. The van der Waals surface area contributed by atoms with Crippen LogP contribution in [0.15, 0.2) is 24.3 Å². The van der Waals surface area contributed by atoms with Crippen molar-refractivity contribution in [3.63, 3.8) is 0 Å². The third-order valence-corrected chi connectivity index (χ3v) is 3.94. The molecule has 1 saturated heterocycles. The van der Waals surface area contributed by atoms with Crippen molar-refractivity contribution >= 4 is 24.0 Å². The Morgan fingerprint density at radius 2 is 1.90 bits per heavy atom. The lowest BCUT2D eigenvalue weighted by molar-refractivity contribution is -0.130. The number of hydrogen-bond donors (Lipinski definition) is 2. The molecule has 1 heterocycles. The van der Waals surface area contributed by atoms with E-state index in [2.05, 4.69) is 12.2 Å². The van der Waals surface area contributed by atoms with Crippen molar-refractivity contribution in [3.8, 4) is 0 Å². The van der Waals surface area contributed by atoms with Crippen molar-refractivity contribution in [2.45, 2.75) is 26.2 Å². The van der Waals surface area contributed by atoms with Gasteiger partial charge in [0.1, 0.15) is 0 Å². The number of benzene rings is 1. The number of aryl methyl sites for hydroxylation is 1. The van der Waals surface area contributed by atoms with Crippen molar-refractivity contribution in [2.24, 2.45) is 11.1 Å². The zero-order valence-corrected chi connectivity index (χ0v) is 12.7. The van der Waals surface area contributed by atoms with Crippen LogP contribution in [0.3, 0.4) is 0 Å². The summed E-state index contributed by atoms with van der Waals surface area (Å²) in [6.07, 6.45) is 2.39. The highest BCUT2D eigenvalue weighted by atomic mass is 35.5. The Bertz CT molecular complexity index is 428. The molecule has 0 saturated carbocycles. The maximum absolute atomic E-state index is 12.4. The molecular formula is C15H23ClN2O2. The van der Waals surface area contributed by atoms with Gasteiger partial charge >= 0.3 is 0 Å². The molecule has 0 aromatic heterocycles. The van der Waals surface area contributed by atoms with Gasteiger partial charge in [-0.1, -0.05) is 19.1 Å². The Hall–Kier alpha value is -1.10. The van der Waals surface area contributed by atoms with Crippen molar-refractivity contribution in [1.82, 2.24) is 0 Å². The van der Waals surface area contributed by atoms with Gasteiger partial charge in [-0.2, -0.15) is 0 Å². The summed E-state index contributed by atoms with van der Waals surface area (Å²) < 4.78 is 5.32. The molecule has 4 nitrogen and oxygen atoms in total. The van der Waals surface area contributed by atoms with Crippen LogP contribution in [0.1, 0.15) is 25.3 Å². The van der Waals surface area contributed by atoms with E-state index in [9.17, 15) is 4.79 Å². The monoisotopic (exact) mass is 298 g/mol. The van der Waals surface area contributed by atoms with E-state index in [1.807, 2.05) is 24.3 Å². The van der Waals surface area contributed by atoms with Gasteiger partial charge < -0.3 is 15.8 Å². The second kappa shape index (κ2) is 7.62. The lowest BCUT2D eigenvalue weighted by Gasteiger charge is -2.34. The highest BCUT2D eigenvalue weighted by Gasteiger charge is 2.38. The first-order valence-electron chi connectivity index (χ1n) is 6.88. The van der Waals surface area contributed by atoms with Gasteiger partial charge in [-0.25, -0.2) is 0 Å². The zero-order chi connectivity index (χ0) is 13.7. The molecule has 1 amide bonds. The maximum Gasteiger partial charge on any atom is 0.232 e. The first kappa shape index (κ1) is 17.0. The molecule has 5 heteroatoms. The fourth-order valence-electron chi connectivity index (χ4n) is 2.37. The van der Waals surface area contributed by atoms with Gasteiger partial charge in [0, 0.05) is 25.4 Å². The predicted octanol–water partition coefficient (Wildman–Crippen LogP) is 2.36. The van der Waals surface area contributed by atoms with Crippen LogP contribution in [0.4, 0.5) is 5.69 Å². The molecule has 1 aliphatic rings. The van der Waals surface area contributed by atoms with Crippen LogP contribution in [0.5, 0.6) is 0 Å². The summed E-state index contributed by atoms with van der Waals surface area (Å²) in [6, 6.07) is 7.96. The first-order valence-corrected chi connectivity index (χ1v) is 6.88. The molecule has 0 atom stereocenters. The Morgan fingerprint density at radius 1 is 1.30 bits per heavy atom. The van der Waals surface area contributed by atoms with E-state index in [4.69, 9.17) is 10.5 Å². The molecule has 0 unspecified atom stereocenters. The highest BCUT2D eigenvalue weighted by Crippen LogP contribution is 2.30. The van der Waals surface area contributed by atoms with E-state index in [0.717, 1.165) is 12.1 Å². The second-order valence-electron chi connectivity index (χ2n) is 5.10. The van der Waals surface area contributed by atoms with E-state index in [1.54, 1.807) is 0 Å². The van der Waals surface area contributed by atoms with Gasteiger partial charge in [0.15, 0.2) is 0 Å². The van der Waals surface area contributed by atoms with E-state index in [-0.39, 0.29) is 18.3 Å². The Balaban J connectivity index is 0.00000200. The summed E-state index contributed by atoms with van der Waals surface area (Å²) in [7, 11) is 0. The number of halogens is 1. The molecule has 3 N–H and O–H groups in total. The van der Waals surface area contributed by atoms with Crippen LogP contribution in [-0.2, 0) is 16.0 Å². The Kier molecular flexibility index (Phi) is 6.46. The molecule has 1 aliphatic heterocycles. The normalized spacial score (nSPS) is 17.1. The number of anilines is 1. The summed E-state index contributed by atoms with van der Waals surface area (Å²) in [6.45, 7) is 3.70. The third-order valence-electron chi connectivity index (χ3n) is 3.94. The van der Waals surface area contributed by atoms with Crippen molar-refractivity contribution < 1.29 is 9.53 Å². The highest BCUT2D eigenvalue weighted by molar-refractivity contribution is 5.95. The van der Waals surface area contributed by atoms with Gasteiger partial charge in [-0.3, -0.25) is 4.79 Å². The molecule has 0 aliphatic carbocycles. The zero-order valence-electron chi connectivity index (χ0n) is 11.9. The predicted molar refractivity (Wildman–Crippen MR) is 83.2 cm³/mol. The summed E-state index contributed by atoms with van der Waals surface area (Å²) >= 11 is 0. The molecule has 0 spiro atoms. The number of ether oxygens (including phenoxy) is 1. The SMILES string of the molecule is CCc1ccc(NC(=O)C2(CN)CCOCC2)cc1.Cl. The molecule has 0 radical (unpaired) electrons. The molecule has 1 aromatic carbocycles. The van der Waals surface area contributed by atoms with Gasteiger partial charge in [-0.05, 0) is 37.0 Å². The molecule has 1 fully saturated rings. The van der Waals surface area contributed by atoms with Crippen LogP contribution in [0.2, 0.25) is 0 Å². The molecule has 0 bridgehead atoms. The van der Waals surface area contributed by atoms with E-state index in [0.29, 0.717) is 32.6 Å². The van der Waals surface area contributed by atoms with Crippen LogP contribution >= 0.6 is 12.4 Å². The lowest BCUT2D eigenvalue weighted by Crippen LogP contribution is -2.46. The van der Waals surface area contributed by atoms with Crippen molar-refractivity contribution in [2.75, 3.05) is 25.1 Å². The van der Waals surface area contributed by atoms with Gasteiger partial charge in [0.25, 0.3) is 0 Å². The summed E-state index contributed by atoms with van der Waals surface area (Å²) in [5.74, 6) is 0.0162. The van der Waals surface area contributed by atoms with Gasteiger partial charge in [0.2, 0.25) is 5.91 Å². The molecule has 1 aromatic rings. The number of carbonyl (C=O) groups is 1. The Morgan fingerprint density at radius 3 is 2.40 bits per heavy atom.